The van der Waals surface area contributed by atoms with E-state index in [1.165, 1.54) is 21.4 Å². The SMILES string of the molecule is Cc1ccc(CCC(=O)Nc2ccc(-c3nc4ccc(C)cc4s3)cc2)cc1. The van der Waals surface area contributed by atoms with Crippen molar-refractivity contribution in [3.8, 4) is 10.6 Å². The number of benzene rings is 3. The van der Waals surface area contributed by atoms with Gasteiger partial charge in [0.15, 0.2) is 0 Å². The fourth-order valence-electron chi connectivity index (χ4n) is 3.09. The summed E-state index contributed by atoms with van der Waals surface area (Å²) in [5, 5.41) is 3.98. The number of amides is 1. The van der Waals surface area contributed by atoms with Crippen LogP contribution in [0, 0.1) is 13.8 Å². The third-order valence-electron chi connectivity index (χ3n) is 4.72. The molecule has 0 bridgehead atoms. The number of rotatable bonds is 5. The number of carbonyl (C=O) groups is 1. The summed E-state index contributed by atoms with van der Waals surface area (Å²) >= 11 is 1.69. The van der Waals surface area contributed by atoms with Crippen LogP contribution >= 0.6 is 11.3 Å². The second-order valence-electron chi connectivity index (χ2n) is 7.10. The van der Waals surface area contributed by atoms with Gasteiger partial charge in [-0.15, -0.1) is 11.3 Å². The van der Waals surface area contributed by atoms with Crippen LogP contribution in [0.5, 0.6) is 0 Å². The number of thiazole rings is 1. The summed E-state index contributed by atoms with van der Waals surface area (Å²) in [5.74, 6) is 0.0313. The van der Waals surface area contributed by atoms with Crippen LogP contribution in [-0.4, -0.2) is 10.9 Å². The van der Waals surface area contributed by atoms with Gasteiger partial charge in [0.25, 0.3) is 0 Å². The lowest BCUT2D eigenvalue weighted by Gasteiger charge is -2.06. The van der Waals surface area contributed by atoms with E-state index in [0.717, 1.165) is 28.2 Å². The normalized spacial score (nSPS) is 10.9. The lowest BCUT2D eigenvalue weighted by molar-refractivity contribution is -0.116. The average Bonchev–Trinajstić information content (AvgIpc) is 3.11. The van der Waals surface area contributed by atoms with E-state index < -0.39 is 0 Å². The maximum absolute atomic E-state index is 12.2. The molecule has 3 aromatic carbocycles. The Balaban J connectivity index is 1.39. The Kier molecular flexibility index (Phi) is 5.22. The topological polar surface area (TPSA) is 42.0 Å². The first-order valence-electron chi connectivity index (χ1n) is 9.40. The van der Waals surface area contributed by atoms with Gasteiger partial charge in [-0.25, -0.2) is 4.98 Å². The van der Waals surface area contributed by atoms with Crippen molar-refractivity contribution >= 4 is 33.1 Å². The number of nitrogens with zero attached hydrogens (tertiary/aromatic N) is 1. The minimum Gasteiger partial charge on any atom is -0.326 e. The lowest BCUT2D eigenvalue weighted by Crippen LogP contribution is -2.12. The summed E-state index contributed by atoms with van der Waals surface area (Å²) in [7, 11) is 0. The highest BCUT2D eigenvalue weighted by Crippen LogP contribution is 2.31. The third kappa shape index (κ3) is 4.29. The maximum atomic E-state index is 12.2. The van der Waals surface area contributed by atoms with E-state index in [2.05, 4.69) is 61.6 Å². The van der Waals surface area contributed by atoms with Crippen molar-refractivity contribution in [1.29, 1.82) is 0 Å². The van der Waals surface area contributed by atoms with Crippen LogP contribution in [0.2, 0.25) is 0 Å². The van der Waals surface area contributed by atoms with Gasteiger partial charge in [0.05, 0.1) is 10.2 Å². The molecule has 0 saturated carbocycles. The van der Waals surface area contributed by atoms with E-state index in [1.54, 1.807) is 11.3 Å². The monoisotopic (exact) mass is 386 g/mol. The van der Waals surface area contributed by atoms with Crippen molar-refractivity contribution in [2.45, 2.75) is 26.7 Å². The van der Waals surface area contributed by atoms with E-state index in [4.69, 9.17) is 4.98 Å². The van der Waals surface area contributed by atoms with Crippen LogP contribution in [0.25, 0.3) is 20.8 Å². The van der Waals surface area contributed by atoms with E-state index >= 15 is 0 Å². The van der Waals surface area contributed by atoms with Crippen LogP contribution in [0.4, 0.5) is 5.69 Å². The largest absolute Gasteiger partial charge is 0.326 e. The fourth-order valence-corrected chi connectivity index (χ4v) is 4.16. The fraction of sp³-hybridized carbons (Fsp3) is 0.167. The van der Waals surface area contributed by atoms with Crippen molar-refractivity contribution in [2.24, 2.45) is 0 Å². The predicted octanol–water partition coefficient (Wildman–Crippen LogP) is 6.15. The molecule has 0 aliphatic heterocycles. The number of aromatic nitrogens is 1. The molecule has 4 heteroatoms. The van der Waals surface area contributed by atoms with Gasteiger partial charge in [-0.05, 0) is 67.8 Å². The van der Waals surface area contributed by atoms with E-state index in [9.17, 15) is 4.79 Å². The molecule has 0 saturated heterocycles. The zero-order valence-electron chi connectivity index (χ0n) is 16.0. The molecule has 0 aliphatic carbocycles. The first-order chi connectivity index (χ1) is 13.6. The third-order valence-corrected chi connectivity index (χ3v) is 5.79. The van der Waals surface area contributed by atoms with Crippen LogP contribution in [0.1, 0.15) is 23.1 Å². The molecule has 0 atom stereocenters. The number of hydrogen-bond acceptors (Lipinski definition) is 3. The summed E-state index contributed by atoms with van der Waals surface area (Å²) in [6.45, 7) is 4.16. The van der Waals surface area contributed by atoms with Crippen molar-refractivity contribution in [1.82, 2.24) is 4.98 Å². The molecule has 0 radical (unpaired) electrons. The Hall–Kier alpha value is -2.98. The van der Waals surface area contributed by atoms with Gasteiger partial charge < -0.3 is 5.32 Å². The van der Waals surface area contributed by atoms with E-state index in [0.29, 0.717) is 6.42 Å². The molecule has 4 aromatic rings. The summed E-state index contributed by atoms with van der Waals surface area (Å²) in [4.78, 5) is 17.0. The van der Waals surface area contributed by atoms with Crippen LogP contribution in [0.3, 0.4) is 0 Å². The van der Waals surface area contributed by atoms with Gasteiger partial charge in [-0.1, -0.05) is 35.9 Å². The van der Waals surface area contributed by atoms with Gasteiger partial charge >= 0.3 is 0 Å². The summed E-state index contributed by atoms with van der Waals surface area (Å²) in [5.41, 5.74) is 6.57. The Labute approximate surface area is 169 Å². The van der Waals surface area contributed by atoms with Gasteiger partial charge in [0.1, 0.15) is 5.01 Å². The molecule has 3 nitrogen and oxygen atoms in total. The number of carbonyl (C=O) groups excluding carboxylic acids is 1. The molecule has 1 N–H and O–H groups in total. The lowest BCUT2D eigenvalue weighted by atomic mass is 10.1. The zero-order valence-corrected chi connectivity index (χ0v) is 16.8. The van der Waals surface area contributed by atoms with Crippen molar-refractivity contribution in [3.05, 3.63) is 83.4 Å². The van der Waals surface area contributed by atoms with E-state index in [-0.39, 0.29) is 5.91 Å². The highest BCUT2D eigenvalue weighted by Gasteiger charge is 2.08. The molecular weight excluding hydrogens is 364 g/mol. The molecular formula is C24H22N2OS. The second kappa shape index (κ2) is 7.95. The summed E-state index contributed by atoms with van der Waals surface area (Å²) < 4.78 is 1.20. The second-order valence-corrected chi connectivity index (χ2v) is 8.13. The molecule has 0 fully saturated rings. The molecule has 28 heavy (non-hydrogen) atoms. The molecule has 1 heterocycles. The van der Waals surface area contributed by atoms with Gasteiger partial charge in [-0.2, -0.15) is 0 Å². The molecule has 1 aromatic heterocycles. The molecule has 0 unspecified atom stereocenters. The van der Waals surface area contributed by atoms with Gasteiger partial charge in [0.2, 0.25) is 5.91 Å². The average molecular weight is 387 g/mol. The standard InChI is InChI=1S/C24H22N2OS/c1-16-3-6-18(7-4-16)8-14-23(27)25-20-11-9-19(10-12-20)24-26-21-13-5-17(2)15-22(21)28-24/h3-7,9-13,15H,8,14H2,1-2H3,(H,25,27). The molecule has 0 aliphatic rings. The predicted molar refractivity (Wildman–Crippen MR) is 118 cm³/mol. The number of aryl methyl sites for hydroxylation is 3. The maximum Gasteiger partial charge on any atom is 0.224 e. The van der Waals surface area contributed by atoms with Crippen LogP contribution < -0.4 is 5.32 Å². The quantitative estimate of drug-likeness (QED) is 0.447. The van der Waals surface area contributed by atoms with Gasteiger partial charge in [0, 0.05) is 17.7 Å². The van der Waals surface area contributed by atoms with Crippen molar-refractivity contribution in [2.75, 3.05) is 5.32 Å². The molecule has 140 valence electrons. The highest BCUT2D eigenvalue weighted by atomic mass is 32.1. The van der Waals surface area contributed by atoms with Crippen LogP contribution in [0.15, 0.2) is 66.7 Å². The highest BCUT2D eigenvalue weighted by molar-refractivity contribution is 7.21. The number of nitrogens with one attached hydrogen (secondary N) is 1. The first-order valence-corrected chi connectivity index (χ1v) is 10.2. The zero-order chi connectivity index (χ0) is 19.5. The van der Waals surface area contributed by atoms with Crippen molar-refractivity contribution < 1.29 is 4.79 Å². The smallest absolute Gasteiger partial charge is 0.224 e. The molecule has 0 spiro atoms. The minimum absolute atomic E-state index is 0.0313. The number of hydrogen-bond donors (Lipinski definition) is 1. The van der Waals surface area contributed by atoms with E-state index in [1.807, 2.05) is 24.3 Å². The summed E-state index contributed by atoms with van der Waals surface area (Å²) in [6, 6.07) is 22.5. The minimum atomic E-state index is 0.0313. The molecule has 4 rings (SSSR count). The summed E-state index contributed by atoms with van der Waals surface area (Å²) in [6.07, 6.45) is 1.22. The number of anilines is 1. The Bertz CT molecular complexity index is 1110. The Morgan fingerprint density at radius 2 is 1.64 bits per heavy atom. The van der Waals surface area contributed by atoms with Gasteiger partial charge in [-0.3, -0.25) is 4.79 Å². The van der Waals surface area contributed by atoms with Crippen LogP contribution in [-0.2, 0) is 11.2 Å². The Morgan fingerprint density at radius 3 is 2.39 bits per heavy atom. The Morgan fingerprint density at radius 1 is 0.929 bits per heavy atom. The first kappa shape index (κ1) is 18.4. The van der Waals surface area contributed by atoms with Crippen molar-refractivity contribution in [3.63, 3.8) is 0 Å². The molecule has 1 amide bonds. The number of fused-ring (bicyclic) bond motifs is 1.